The van der Waals surface area contributed by atoms with Gasteiger partial charge in [-0.05, 0) is 37.6 Å². The smallest absolute Gasteiger partial charge is 0.283 e. The highest BCUT2D eigenvalue weighted by atomic mass is 32.2. The molecule has 172 valence electrons. The van der Waals surface area contributed by atoms with Crippen LogP contribution in [0.5, 0.6) is 11.5 Å². The van der Waals surface area contributed by atoms with Gasteiger partial charge in [0.05, 0.1) is 18.4 Å². The molecule has 10 nitrogen and oxygen atoms in total. The maximum atomic E-state index is 12.5. The van der Waals surface area contributed by atoms with E-state index in [4.69, 9.17) is 14.9 Å². The fourth-order valence-corrected chi connectivity index (χ4v) is 5.02. The molecule has 2 aromatic heterocycles. The minimum Gasteiger partial charge on any atom is -0.493 e. The number of fused-ring (bicyclic) bond motifs is 2. The summed E-state index contributed by atoms with van der Waals surface area (Å²) in [5.74, 6) is 0.501. The van der Waals surface area contributed by atoms with E-state index in [0.29, 0.717) is 32.9 Å². The third-order valence-corrected chi connectivity index (χ3v) is 6.69. The number of nitrogens with one attached hydrogen (secondary N) is 1. The average Bonchev–Trinajstić information content (AvgIpc) is 3.37. The third-order valence-electron chi connectivity index (χ3n) is 4.97. The molecular formula is C22H18N6O4S2. The number of rotatable bonds is 5. The molecule has 2 aliphatic rings. The lowest BCUT2D eigenvalue weighted by Crippen LogP contribution is -2.35. The molecule has 0 atom stereocenters. The van der Waals surface area contributed by atoms with Crippen LogP contribution in [0.15, 0.2) is 50.7 Å². The van der Waals surface area contributed by atoms with Gasteiger partial charge in [0.15, 0.2) is 16.7 Å². The SMILES string of the molecule is COc1cc(/C=C2/C(=N)N3C=C(C)SC3=NC2=O)ccc1OCc1cc(=O)n2nc(C)sc2n1. The highest BCUT2D eigenvalue weighted by Crippen LogP contribution is 2.34. The minimum absolute atomic E-state index is 0.0679. The van der Waals surface area contributed by atoms with Crippen LogP contribution in [0.25, 0.3) is 11.0 Å². The second kappa shape index (κ2) is 8.54. The van der Waals surface area contributed by atoms with Gasteiger partial charge in [0.1, 0.15) is 17.5 Å². The molecule has 5 rings (SSSR count). The molecule has 1 aromatic carbocycles. The fourth-order valence-electron chi connectivity index (χ4n) is 3.44. The number of aliphatic imine (C=N–C) groups is 1. The van der Waals surface area contributed by atoms with Crippen LogP contribution >= 0.6 is 23.1 Å². The summed E-state index contributed by atoms with van der Waals surface area (Å²) in [6, 6.07) is 6.55. The molecule has 2 aliphatic heterocycles. The fraction of sp³-hybridized carbons (Fsp3) is 0.182. The molecule has 0 fully saturated rings. The molecule has 12 heteroatoms. The Hall–Kier alpha value is -3.77. The molecule has 0 saturated carbocycles. The molecule has 0 aliphatic carbocycles. The Labute approximate surface area is 201 Å². The van der Waals surface area contributed by atoms with Crippen LogP contribution in [-0.4, -0.2) is 43.5 Å². The molecule has 34 heavy (non-hydrogen) atoms. The zero-order chi connectivity index (χ0) is 24.0. The minimum atomic E-state index is -0.461. The Morgan fingerprint density at radius 1 is 1.18 bits per heavy atom. The maximum Gasteiger partial charge on any atom is 0.283 e. The second-order valence-corrected chi connectivity index (χ2v) is 9.79. The van der Waals surface area contributed by atoms with Crippen LogP contribution in [0.1, 0.15) is 23.2 Å². The van der Waals surface area contributed by atoms with Crippen molar-refractivity contribution < 1.29 is 14.3 Å². The number of aryl methyl sites for hydroxylation is 1. The van der Waals surface area contributed by atoms with Crippen molar-refractivity contribution in [2.75, 3.05) is 7.11 Å². The van der Waals surface area contributed by atoms with Gasteiger partial charge in [0.2, 0.25) is 4.96 Å². The van der Waals surface area contributed by atoms with E-state index >= 15 is 0 Å². The Morgan fingerprint density at radius 2 is 2.00 bits per heavy atom. The predicted octanol–water partition coefficient (Wildman–Crippen LogP) is 3.21. The summed E-state index contributed by atoms with van der Waals surface area (Å²) in [6.07, 6.45) is 3.39. The summed E-state index contributed by atoms with van der Waals surface area (Å²) < 4.78 is 12.6. The number of hydrogen-bond donors (Lipinski definition) is 1. The Bertz CT molecular complexity index is 1520. The van der Waals surface area contributed by atoms with Crippen molar-refractivity contribution in [1.29, 1.82) is 5.41 Å². The first-order valence-electron chi connectivity index (χ1n) is 10.1. The zero-order valence-corrected chi connectivity index (χ0v) is 20.0. The van der Waals surface area contributed by atoms with Crippen LogP contribution in [0.4, 0.5) is 0 Å². The van der Waals surface area contributed by atoms with E-state index in [-0.39, 0.29) is 23.6 Å². The number of amides is 1. The Kier molecular flexibility index (Phi) is 5.54. The third kappa shape index (κ3) is 4.01. The first-order valence-corrected chi connectivity index (χ1v) is 11.7. The molecule has 0 radical (unpaired) electrons. The van der Waals surface area contributed by atoms with Gasteiger partial charge in [0.25, 0.3) is 11.5 Å². The van der Waals surface area contributed by atoms with Crippen molar-refractivity contribution in [3.8, 4) is 11.5 Å². The van der Waals surface area contributed by atoms with E-state index in [2.05, 4.69) is 15.1 Å². The lowest BCUT2D eigenvalue weighted by molar-refractivity contribution is -0.114. The summed E-state index contributed by atoms with van der Waals surface area (Å²) in [6.45, 7) is 3.78. The number of ether oxygens (including phenoxy) is 2. The quantitative estimate of drug-likeness (QED) is 0.537. The number of benzene rings is 1. The van der Waals surface area contributed by atoms with E-state index in [0.717, 1.165) is 9.91 Å². The molecular weight excluding hydrogens is 476 g/mol. The van der Waals surface area contributed by atoms with Crippen molar-refractivity contribution in [1.82, 2.24) is 19.5 Å². The molecule has 1 amide bonds. The van der Waals surface area contributed by atoms with E-state index in [1.807, 2.05) is 13.8 Å². The molecule has 1 N–H and O–H groups in total. The van der Waals surface area contributed by atoms with Crippen LogP contribution in [0.2, 0.25) is 0 Å². The Balaban J connectivity index is 1.38. The number of hydrogen-bond acceptors (Lipinski definition) is 9. The van der Waals surface area contributed by atoms with Crippen molar-refractivity contribution in [2.45, 2.75) is 20.5 Å². The predicted molar refractivity (Wildman–Crippen MR) is 131 cm³/mol. The summed E-state index contributed by atoms with van der Waals surface area (Å²) in [7, 11) is 1.51. The summed E-state index contributed by atoms with van der Waals surface area (Å²) in [4.78, 5) is 36.3. The highest BCUT2D eigenvalue weighted by molar-refractivity contribution is 8.17. The number of methoxy groups -OCH3 is 1. The normalized spacial score (nSPS) is 16.7. The van der Waals surface area contributed by atoms with Crippen molar-refractivity contribution in [2.24, 2.45) is 4.99 Å². The number of nitrogens with zero attached hydrogens (tertiary/aromatic N) is 5. The second-order valence-electron chi connectivity index (χ2n) is 7.42. The van der Waals surface area contributed by atoms with Gasteiger partial charge < -0.3 is 9.47 Å². The molecule has 0 saturated heterocycles. The average molecular weight is 495 g/mol. The van der Waals surface area contributed by atoms with E-state index in [9.17, 15) is 9.59 Å². The van der Waals surface area contributed by atoms with Crippen LogP contribution in [-0.2, 0) is 11.4 Å². The largest absolute Gasteiger partial charge is 0.493 e. The van der Waals surface area contributed by atoms with E-state index in [1.54, 1.807) is 35.4 Å². The molecule has 0 spiro atoms. The van der Waals surface area contributed by atoms with Gasteiger partial charge in [-0.3, -0.25) is 19.9 Å². The first kappa shape index (κ1) is 22.0. The van der Waals surface area contributed by atoms with Gasteiger partial charge in [-0.1, -0.05) is 29.2 Å². The number of allylic oxidation sites excluding steroid dienone is 1. The van der Waals surface area contributed by atoms with E-state index in [1.165, 1.54) is 40.8 Å². The first-order chi connectivity index (χ1) is 16.3. The summed E-state index contributed by atoms with van der Waals surface area (Å²) in [5.41, 5.74) is 1.04. The maximum absolute atomic E-state index is 12.5. The van der Waals surface area contributed by atoms with Crippen molar-refractivity contribution >= 4 is 51.0 Å². The van der Waals surface area contributed by atoms with Crippen LogP contribution in [0.3, 0.4) is 0 Å². The van der Waals surface area contributed by atoms with Crippen LogP contribution < -0.4 is 15.0 Å². The molecule has 0 bridgehead atoms. The topological polar surface area (TPSA) is 122 Å². The van der Waals surface area contributed by atoms with E-state index < -0.39 is 5.91 Å². The zero-order valence-electron chi connectivity index (χ0n) is 18.4. The summed E-state index contributed by atoms with van der Waals surface area (Å²) in [5, 5.41) is 13.8. The highest BCUT2D eigenvalue weighted by Gasteiger charge is 2.32. The lowest BCUT2D eigenvalue weighted by Gasteiger charge is -2.22. The number of thioether (sulfide) groups is 1. The van der Waals surface area contributed by atoms with Gasteiger partial charge >= 0.3 is 0 Å². The number of amidine groups is 2. The number of carbonyl (C=O) groups is 1. The summed E-state index contributed by atoms with van der Waals surface area (Å²) >= 11 is 2.69. The van der Waals surface area contributed by atoms with Crippen molar-refractivity contribution in [3.05, 3.63) is 67.6 Å². The number of aromatic nitrogens is 3. The Morgan fingerprint density at radius 3 is 2.79 bits per heavy atom. The van der Waals surface area contributed by atoms with Gasteiger partial charge in [-0.2, -0.15) is 14.6 Å². The lowest BCUT2D eigenvalue weighted by atomic mass is 10.1. The van der Waals surface area contributed by atoms with Crippen LogP contribution in [0, 0.1) is 12.3 Å². The molecule has 4 heterocycles. The molecule has 0 unspecified atom stereocenters. The standard InChI is InChI=1S/C22H18N6O4S2/c1-11-9-27-19(23)15(20(30)25-21(27)33-11)6-13-4-5-16(17(7-13)31-3)32-10-14-8-18(29)28-22(24-14)34-12(2)26-28/h4-9,23H,10H2,1-3H3/b15-6-,23-19?. The van der Waals surface area contributed by atoms with Gasteiger partial charge in [0, 0.05) is 17.2 Å². The number of carbonyl (C=O) groups excluding carboxylic acids is 1. The van der Waals surface area contributed by atoms with Crippen molar-refractivity contribution in [3.63, 3.8) is 0 Å². The van der Waals surface area contributed by atoms with Gasteiger partial charge in [-0.25, -0.2) is 4.98 Å². The van der Waals surface area contributed by atoms with Gasteiger partial charge in [-0.15, -0.1) is 0 Å². The molecule has 3 aromatic rings. The monoisotopic (exact) mass is 494 g/mol.